The summed E-state index contributed by atoms with van der Waals surface area (Å²) in [5, 5.41) is 17.8. The summed E-state index contributed by atoms with van der Waals surface area (Å²) in [6.45, 7) is 12.8. The minimum atomic E-state index is -4.13. The van der Waals surface area contributed by atoms with E-state index < -0.39 is 41.6 Å². The number of nitrogens with zero attached hydrogens (tertiary/aromatic N) is 3. The van der Waals surface area contributed by atoms with E-state index in [0.717, 1.165) is 0 Å². The average molecular weight is 671 g/mol. The van der Waals surface area contributed by atoms with Crippen LogP contribution < -0.4 is 21.0 Å². The van der Waals surface area contributed by atoms with Gasteiger partial charge in [0.05, 0.1) is 30.0 Å². The summed E-state index contributed by atoms with van der Waals surface area (Å²) < 4.78 is 36.2. The van der Waals surface area contributed by atoms with Gasteiger partial charge < -0.3 is 15.0 Å². The highest BCUT2D eigenvalue weighted by atomic mass is 32.1. The molecule has 1 heterocycles. The highest BCUT2D eigenvalue weighted by molar-refractivity contribution is 7.80. The van der Waals surface area contributed by atoms with Crippen LogP contribution in [0.1, 0.15) is 11.3 Å². The summed E-state index contributed by atoms with van der Waals surface area (Å²) in [6, 6.07) is 8.20. The van der Waals surface area contributed by atoms with Gasteiger partial charge in [-0.1, -0.05) is 39.3 Å². The molecule has 0 aliphatic rings. The molecule has 43 heavy (non-hydrogen) atoms. The quantitative estimate of drug-likeness (QED) is 0.0465. The molecule has 0 spiro atoms. The van der Waals surface area contributed by atoms with Crippen LogP contribution in [0.15, 0.2) is 41.6 Å². The summed E-state index contributed by atoms with van der Waals surface area (Å²) in [6.07, 6.45) is 1.88. The fourth-order valence-electron chi connectivity index (χ4n) is 3.09. The van der Waals surface area contributed by atoms with E-state index in [0.29, 0.717) is 12.1 Å². The number of nitro benzene ring substituents is 1. The number of nitrogens with one attached hydrogen (secondary N) is 2. The number of thiocarbonyl (C=S) groups is 1. The predicted octanol–water partition coefficient (Wildman–Crippen LogP) is 6.10. The number of phosphoric acid groups is 1. The Kier molecular flexibility index (Phi) is 13.4. The summed E-state index contributed by atoms with van der Waals surface area (Å²) >= 11 is 4.69. The van der Waals surface area contributed by atoms with E-state index in [-0.39, 0.29) is 46.7 Å². The summed E-state index contributed by atoms with van der Waals surface area (Å²) in [5.74, 6) is -0.0410. The van der Waals surface area contributed by atoms with Gasteiger partial charge in [0.2, 0.25) is 0 Å². The zero-order valence-corrected chi connectivity index (χ0v) is 28.8. The van der Waals surface area contributed by atoms with E-state index in [4.69, 9.17) is 36.3 Å². The van der Waals surface area contributed by atoms with Crippen LogP contribution in [-0.4, -0.2) is 56.7 Å². The number of hydrazone groups is 1. The van der Waals surface area contributed by atoms with Crippen LogP contribution >= 0.6 is 20.0 Å². The highest BCUT2D eigenvalue weighted by Crippen LogP contribution is 2.51. The minimum absolute atomic E-state index is 0.0410. The van der Waals surface area contributed by atoms with Crippen molar-refractivity contribution in [3.05, 3.63) is 57.9 Å². The maximum Gasteiger partial charge on any atom is 0.530 e. The number of carbonyl (C=O) groups excluding carboxylic acids is 1. The molecule has 4 N–H and O–H groups in total. The molecule has 236 valence electrons. The molecule has 2 aromatic rings. The monoisotopic (exact) mass is 670 g/mol. The lowest BCUT2D eigenvalue weighted by Crippen LogP contribution is -2.24. The fraction of sp³-hybridized carbons (Fsp3) is 0.440. The van der Waals surface area contributed by atoms with Crippen LogP contribution in [-0.2, 0) is 25.0 Å². The highest BCUT2D eigenvalue weighted by Gasteiger charge is 2.32. The Hall–Kier alpha value is -3.22. The first-order chi connectivity index (χ1) is 20.0. The molecule has 0 radical (unpaired) electrons. The third-order valence-electron chi connectivity index (χ3n) is 5.46. The van der Waals surface area contributed by atoms with Crippen molar-refractivity contribution in [3.63, 3.8) is 0 Å². The third kappa shape index (κ3) is 14.2. The minimum Gasteiger partial charge on any atom is -0.444 e. The van der Waals surface area contributed by atoms with E-state index in [1.807, 2.05) is 0 Å². The van der Waals surface area contributed by atoms with Crippen molar-refractivity contribution >= 4 is 65.0 Å². The van der Waals surface area contributed by atoms with Crippen LogP contribution in [0.25, 0.3) is 0 Å². The molecule has 0 aliphatic heterocycles. The number of nitro groups is 1. The number of anilines is 1. The first-order valence-electron chi connectivity index (χ1n) is 13.3. The Labute approximate surface area is 258 Å². The van der Waals surface area contributed by atoms with Gasteiger partial charge in [-0.2, -0.15) is 5.10 Å². The van der Waals surface area contributed by atoms with Crippen molar-refractivity contribution in [2.75, 3.05) is 18.5 Å². The zero-order valence-electron chi connectivity index (χ0n) is 25.1. The van der Waals surface area contributed by atoms with Gasteiger partial charge >= 0.3 is 13.9 Å². The Morgan fingerprint density at radius 3 is 2.33 bits per heavy atom. The lowest BCUT2D eigenvalue weighted by Gasteiger charge is -2.23. The fourth-order valence-corrected chi connectivity index (χ4v) is 6.15. The molecular weight excluding hydrogens is 632 g/mol. The van der Waals surface area contributed by atoms with E-state index in [1.165, 1.54) is 30.6 Å². The molecule has 0 fully saturated rings. The molecule has 2 rings (SSSR count). The van der Waals surface area contributed by atoms with Gasteiger partial charge in [0.15, 0.2) is 5.11 Å². The van der Waals surface area contributed by atoms with Crippen molar-refractivity contribution in [2.24, 2.45) is 10.8 Å². The van der Waals surface area contributed by atoms with Crippen molar-refractivity contribution < 1.29 is 32.6 Å². The zero-order chi connectivity index (χ0) is 32.3. The van der Waals surface area contributed by atoms with Crippen LogP contribution in [0.2, 0.25) is 51.4 Å². The molecule has 0 saturated heterocycles. The Bertz CT molecular complexity index is 1350. The second-order valence-electron chi connectivity index (χ2n) is 11.7. The number of amides is 1. The van der Waals surface area contributed by atoms with Gasteiger partial charge in [-0.05, 0) is 42.5 Å². The van der Waals surface area contributed by atoms with E-state index in [9.17, 15) is 19.5 Å². The molecule has 0 atom stereocenters. The number of rotatable bonds is 16. The molecule has 18 heteroatoms. The van der Waals surface area contributed by atoms with Crippen molar-refractivity contribution in [1.82, 2.24) is 10.4 Å². The Morgan fingerprint density at radius 1 is 1.14 bits per heavy atom. The van der Waals surface area contributed by atoms with Crippen molar-refractivity contribution in [1.29, 1.82) is 0 Å². The molecule has 1 aromatic carbocycles. The van der Waals surface area contributed by atoms with Crippen LogP contribution in [0, 0.1) is 10.1 Å². The predicted molar refractivity (Wildman–Crippen MR) is 175 cm³/mol. The van der Waals surface area contributed by atoms with Crippen molar-refractivity contribution in [3.8, 4) is 5.75 Å². The number of benzene rings is 1. The number of hydrogen-bond acceptors (Lipinski definition) is 11. The molecule has 14 nitrogen and oxygen atoms in total. The number of non-ortho nitro benzene ring substituents is 1. The summed E-state index contributed by atoms with van der Waals surface area (Å²) in [7, 11) is -7.20. The van der Waals surface area contributed by atoms with Crippen LogP contribution in [0.5, 0.6) is 5.75 Å². The Balaban J connectivity index is 2.25. The first kappa shape index (κ1) is 36.0. The number of ether oxygens (including phenoxy) is 1. The normalized spacial score (nSPS) is 12.1. The third-order valence-corrected chi connectivity index (χ3v) is 10.4. The van der Waals surface area contributed by atoms with Gasteiger partial charge in [0.25, 0.3) is 5.69 Å². The standard InChI is InChI=1S/C25H39N6O8PSSi2/c1-42(2,3)14-12-37-40(35,38-13-15-43(4,5)6)39-23-10-9-20(31(33)34)16-19(23)18-36-25(32)29-21-8-7-11-27-22(21)17-28-30-24(26)41/h7-11,16-17H,12-15,18H2,1-6H3,(H,29,32)(H3,26,30,41). The van der Waals surface area contributed by atoms with Gasteiger partial charge in [-0.3, -0.25) is 34.9 Å². The average Bonchev–Trinajstić information content (AvgIpc) is 2.87. The number of phosphoric ester groups is 1. The molecule has 0 bridgehead atoms. The van der Waals surface area contributed by atoms with Crippen LogP contribution in [0.4, 0.5) is 16.2 Å². The number of pyridine rings is 1. The van der Waals surface area contributed by atoms with E-state index >= 15 is 0 Å². The molecule has 0 unspecified atom stereocenters. The van der Waals surface area contributed by atoms with Crippen LogP contribution in [0.3, 0.4) is 0 Å². The number of hydrogen-bond donors (Lipinski definition) is 3. The second kappa shape index (κ2) is 16.0. The Morgan fingerprint density at radius 2 is 1.77 bits per heavy atom. The SMILES string of the molecule is C[Si](C)(C)CCOP(=O)(OCC[Si](C)(C)C)Oc1ccc([N+](=O)[O-])cc1COC(=O)Nc1cccnc1C=NNC(N)=S. The number of carbonyl (C=O) groups is 1. The van der Waals surface area contributed by atoms with E-state index in [1.54, 1.807) is 12.1 Å². The lowest BCUT2D eigenvalue weighted by atomic mass is 10.2. The van der Waals surface area contributed by atoms with E-state index in [2.05, 4.69) is 60.1 Å². The second-order valence-corrected chi connectivity index (χ2v) is 25.0. The van der Waals surface area contributed by atoms with Gasteiger partial charge in [0.1, 0.15) is 18.1 Å². The molecule has 1 aromatic heterocycles. The lowest BCUT2D eigenvalue weighted by molar-refractivity contribution is -0.385. The maximum atomic E-state index is 13.7. The summed E-state index contributed by atoms with van der Waals surface area (Å²) in [5.41, 5.74) is 8.06. The largest absolute Gasteiger partial charge is 0.530 e. The van der Waals surface area contributed by atoms with Gasteiger partial charge in [0, 0.05) is 40.0 Å². The molecular formula is C25H39N6O8PSSi2. The summed E-state index contributed by atoms with van der Waals surface area (Å²) in [4.78, 5) is 27.7. The topological polar surface area (TPSA) is 190 Å². The molecule has 0 saturated carbocycles. The smallest absolute Gasteiger partial charge is 0.444 e. The maximum absolute atomic E-state index is 13.7. The first-order valence-corrected chi connectivity index (χ1v) is 22.6. The molecule has 0 aliphatic carbocycles. The van der Waals surface area contributed by atoms with Gasteiger partial charge in [-0.25, -0.2) is 9.36 Å². The van der Waals surface area contributed by atoms with Gasteiger partial charge in [-0.15, -0.1) is 0 Å². The number of aromatic nitrogens is 1. The molecule has 1 amide bonds. The van der Waals surface area contributed by atoms with Crippen molar-refractivity contribution in [2.45, 2.75) is 58.0 Å². The number of nitrogens with two attached hydrogens (primary N) is 1.